The summed E-state index contributed by atoms with van der Waals surface area (Å²) in [6, 6.07) is 7.15. The Morgan fingerprint density at radius 2 is 2.30 bits per heavy atom. The topological polar surface area (TPSA) is 58.6 Å². The number of hydrogen-bond donors (Lipinski definition) is 2. The highest BCUT2D eigenvalue weighted by atomic mass is 16.5. The van der Waals surface area contributed by atoms with E-state index in [9.17, 15) is 4.79 Å². The zero-order valence-electron chi connectivity index (χ0n) is 11.6. The smallest absolute Gasteiger partial charge is 0.252 e. The van der Waals surface area contributed by atoms with Gasteiger partial charge in [-0.05, 0) is 25.5 Å². The predicted octanol–water partition coefficient (Wildman–Crippen LogP) is 1.19. The minimum absolute atomic E-state index is 0.132. The number of carbonyl (C=O) groups is 1. The summed E-state index contributed by atoms with van der Waals surface area (Å²) in [7, 11) is 0. The van der Waals surface area contributed by atoms with Gasteiger partial charge in [0, 0.05) is 24.6 Å². The monoisotopic (exact) mass is 273 g/mol. The minimum atomic E-state index is -0.215. The molecule has 0 radical (unpaired) electrons. The molecular formula is C16H19NO3. The van der Waals surface area contributed by atoms with E-state index in [1.165, 1.54) is 0 Å². The second-order valence-electron chi connectivity index (χ2n) is 4.84. The van der Waals surface area contributed by atoms with Gasteiger partial charge in [-0.1, -0.05) is 24.0 Å². The number of aliphatic hydroxyl groups excluding tert-OH is 1. The van der Waals surface area contributed by atoms with E-state index in [1.807, 2.05) is 13.0 Å². The van der Waals surface area contributed by atoms with Gasteiger partial charge in [-0.25, -0.2) is 0 Å². The molecule has 1 saturated heterocycles. The van der Waals surface area contributed by atoms with Crippen molar-refractivity contribution in [1.82, 2.24) is 5.32 Å². The van der Waals surface area contributed by atoms with Crippen molar-refractivity contribution in [3.8, 4) is 11.8 Å². The number of benzene rings is 1. The van der Waals surface area contributed by atoms with Crippen LogP contribution in [0.5, 0.6) is 0 Å². The molecule has 1 aromatic rings. The van der Waals surface area contributed by atoms with Gasteiger partial charge in [-0.2, -0.15) is 0 Å². The molecule has 20 heavy (non-hydrogen) atoms. The van der Waals surface area contributed by atoms with Gasteiger partial charge in [-0.15, -0.1) is 0 Å². The van der Waals surface area contributed by atoms with Crippen LogP contribution < -0.4 is 5.32 Å². The molecule has 1 aliphatic rings. The molecule has 0 bridgehead atoms. The Kier molecular flexibility index (Phi) is 5.16. The highest BCUT2D eigenvalue weighted by molar-refractivity contribution is 5.96. The Labute approximate surface area is 119 Å². The number of nitrogens with one attached hydrogen (secondary N) is 1. The van der Waals surface area contributed by atoms with Crippen molar-refractivity contribution in [1.29, 1.82) is 0 Å². The van der Waals surface area contributed by atoms with Crippen LogP contribution in [0.15, 0.2) is 24.3 Å². The fourth-order valence-corrected chi connectivity index (χ4v) is 2.29. The van der Waals surface area contributed by atoms with E-state index in [-0.39, 0.29) is 18.6 Å². The molecule has 2 unspecified atom stereocenters. The normalized spacial score (nSPS) is 21.1. The van der Waals surface area contributed by atoms with Crippen LogP contribution in [-0.2, 0) is 4.74 Å². The minimum Gasteiger partial charge on any atom is -0.384 e. The maximum Gasteiger partial charge on any atom is 0.252 e. The molecule has 2 N–H and O–H groups in total. The van der Waals surface area contributed by atoms with Crippen LogP contribution in [-0.4, -0.2) is 36.9 Å². The Bertz CT molecular complexity index is 530. The van der Waals surface area contributed by atoms with Crippen molar-refractivity contribution in [3.05, 3.63) is 35.4 Å². The van der Waals surface area contributed by atoms with Gasteiger partial charge in [-0.3, -0.25) is 4.79 Å². The lowest BCUT2D eigenvalue weighted by Gasteiger charge is -2.15. The van der Waals surface area contributed by atoms with E-state index in [4.69, 9.17) is 9.84 Å². The van der Waals surface area contributed by atoms with Crippen LogP contribution in [0.2, 0.25) is 0 Å². The third-order valence-electron chi connectivity index (χ3n) is 3.53. The summed E-state index contributed by atoms with van der Waals surface area (Å²) in [6.07, 6.45) is 1.17. The number of rotatable bonds is 3. The highest BCUT2D eigenvalue weighted by Crippen LogP contribution is 2.19. The van der Waals surface area contributed by atoms with Gasteiger partial charge in [0.25, 0.3) is 5.91 Å². The molecule has 1 aromatic carbocycles. The first kappa shape index (κ1) is 14.6. The molecule has 0 spiro atoms. The molecule has 2 atom stereocenters. The van der Waals surface area contributed by atoms with Crippen LogP contribution in [0.25, 0.3) is 0 Å². The second-order valence-corrected chi connectivity index (χ2v) is 4.84. The summed E-state index contributed by atoms with van der Waals surface area (Å²) < 4.78 is 5.48. The summed E-state index contributed by atoms with van der Waals surface area (Å²) in [4.78, 5) is 12.2. The zero-order chi connectivity index (χ0) is 14.4. The fraction of sp³-hybridized carbons (Fsp3) is 0.438. The number of ether oxygens (including phenoxy) is 1. The van der Waals surface area contributed by atoms with Crippen LogP contribution in [0.1, 0.15) is 29.3 Å². The van der Waals surface area contributed by atoms with E-state index in [0.29, 0.717) is 23.6 Å². The first-order valence-corrected chi connectivity index (χ1v) is 6.81. The Balaban J connectivity index is 2.02. The molecule has 1 aliphatic heterocycles. The van der Waals surface area contributed by atoms with Crippen LogP contribution in [0.3, 0.4) is 0 Å². The number of amides is 1. The maximum atomic E-state index is 12.2. The molecule has 2 rings (SSSR count). The standard InChI is InChI=1S/C16H19NO3/c1-12-14(8-10-20-12)11-17-16(19)15-7-3-2-5-13(15)6-4-9-18/h2-3,5,7,12,14,18H,8-11H2,1H3,(H,17,19). The fourth-order valence-electron chi connectivity index (χ4n) is 2.29. The van der Waals surface area contributed by atoms with E-state index in [2.05, 4.69) is 17.2 Å². The van der Waals surface area contributed by atoms with E-state index in [1.54, 1.807) is 18.2 Å². The van der Waals surface area contributed by atoms with Gasteiger partial charge in [0.1, 0.15) is 6.61 Å². The average molecular weight is 273 g/mol. The van der Waals surface area contributed by atoms with Gasteiger partial charge >= 0.3 is 0 Å². The first-order chi connectivity index (χ1) is 9.72. The number of hydrogen-bond acceptors (Lipinski definition) is 3. The summed E-state index contributed by atoms with van der Waals surface area (Å²) in [5.74, 6) is 5.60. The van der Waals surface area contributed by atoms with Crippen molar-refractivity contribution in [2.24, 2.45) is 5.92 Å². The molecule has 1 amide bonds. The van der Waals surface area contributed by atoms with Crippen molar-refractivity contribution >= 4 is 5.91 Å². The van der Waals surface area contributed by atoms with Crippen molar-refractivity contribution in [2.75, 3.05) is 19.8 Å². The Morgan fingerprint density at radius 3 is 3.00 bits per heavy atom. The molecule has 4 nitrogen and oxygen atoms in total. The molecule has 106 valence electrons. The molecule has 1 heterocycles. The van der Waals surface area contributed by atoms with Crippen LogP contribution >= 0.6 is 0 Å². The molecule has 0 saturated carbocycles. The van der Waals surface area contributed by atoms with Crippen molar-refractivity contribution < 1.29 is 14.6 Å². The van der Waals surface area contributed by atoms with Crippen molar-refractivity contribution in [3.63, 3.8) is 0 Å². The van der Waals surface area contributed by atoms with Gasteiger partial charge in [0.05, 0.1) is 11.7 Å². The van der Waals surface area contributed by atoms with Gasteiger partial charge in [0.2, 0.25) is 0 Å². The average Bonchev–Trinajstić information content (AvgIpc) is 2.88. The first-order valence-electron chi connectivity index (χ1n) is 6.81. The third kappa shape index (κ3) is 3.60. The molecule has 4 heteroatoms. The van der Waals surface area contributed by atoms with Gasteiger partial charge in [0.15, 0.2) is 0 Å². The lowest BCUT2D eigenvalue weighted by atomic mass is 10.0. The summed E-state index contributed by atoms with van der Waals surface area (Å²) >= 11 is 0. The molecule has 0 aromatic heterocycles. The van der Waals surface area contributed by atoms with Crippen molar-refractivity contribution in [2.45, 2.75) is 19.4 Å². The maximum absolute atomic E-state index is 12.2. The summed E-state index contributed by atoms with van der Waals surface area (Å²) in [5, 5.41) is 11.7. The van der Waals surface area contributed by atoms with E-state index >= 15 is 0 Å². The third-order valence-corrected chi connectivity index (χ3v) is 3.53. The van der Waals surface area contributed by atoms with Crippen LogP contribution in [0.4, 0.5) is 0 Å². The lowest BCUT2D eigenvalue weighted by Crippen LogP contribution is -2.32. The zero-order valence-corrected chi connectivity index (χ0v) is 11.6. The van der Waals surface area contributed by atoms with Crippen LogP contribution in [0, 0.1) is 17.8 Å². The molecular weight excluding hydrogens is 254 g/mol. The quantitative estimate of drug-likeness (QED) is 0.813. The summed E-state index contributed by atoms with van der Waals surface area (Å²) in [6.45, 7) is 3.19. The predicted molar refractivity (Wildman–Crippen MR) is 76.3 cm³/mol. The Morgan fingerprint density at radius 1 is 1.50 bits per heavy atom. The highest BCUT2D eigenvalue weighted by Gasteiger charge is 2.24. The second kappa shape index (κ2) is 7.09. The Hall–Kier alpha value is -1.83. The van der Waals surface area contributed by atoms with E-state index in [0.717, 1.165) is 13.0 Å². The SMILES string of the molecule is CC1OCCC1CNC(=O)c1ccccc1C#CCO. The molecule has 0 aliphatic carbocycles. The number of aliphatic hydroxyl groups is 1. The number of carbonyl (C=O) groups excluding carboxylic acids is 1. The van der Waals surface area contributed by atoms with Gasteiger partial charge < -0.3 is 15.2 Å². The molecule has 1 fully saturated rings. The summed E-state index contributed by atoms with van der Waals surface area (Å²) in [5.41, 5.74) is 1.18. The largest absolute Gasteiger partial charge is 0.384 e. The lowest BCUT2D eigenvalue weighted by molar-refractivity contribution is 0.0907. The van der Waals surface area contributed by atoms with E-state index < -0.39 is 0 Å².